The highest BCUT2D eigenvalue weighted by Gasteiger charge is 2.32. The maximum absolute atomic E-state index is 12.5. The van der Waals surface area contributed by atoms with Crippen LogP contribution >= 0.6 is 0 Å². The summed E-state index contributed by atoms with van der Waals surface area (Å²) in [7, 11) is 0. The standard InChI is InChI=1S/C11H8F3N3O/c1-6-2-3-7(5-15-6)8-4-9(11(12,13)14)17-10(18)16-8/h2-5H,1H3,(H,16,17,18). The first-order valence-corrected chi connectivity index (χ1v) is 4.98. The van der Waals surface area contributed by atoms with E-state index in [-0.39, 0.29) is 5.69 Å². The van der Waals surface area contributed by atoms with Crippen LogP contribution in [0.1, 0.15) is 11.4 Å². The Labute approximate surface area is 99.5 Å². The monoisotopic (exact) mass is 255 g/mol. The molecule has 0 aliphatic heterocycles. The molecule has 0 radical (unpaired) electrons. The minimum Gasteiger partial charge on any atom is -0.302 e. The highest BCUT2D eigenvalue weighted by Crippen LogP contribution is 2.28. The normalized spacial score (nSPS) is 11.6. The zero-order chi connectivity index (χ0) is 13.3. The van der Waals surface area contributed by atoms with Crippen LogP contribution in [0.15, 0.2) is 29.2 Å². The van der Waals surface area contributed by atoms with E-state index in [2.05, 4.69) is 9.97 Å². The fourth-order valence-corrected chi connectivity index (χ4v) is 1.38. The van der Waals surface area contributed by atoms with Gasteiger partial charge in [0.25, 0.3) is 0 Å². The Balaban J connectivity index is 2.55. The number of rotatable bonds is 1. The molecule has 0 aliphatic rings. The number of hydrogen-bond acceptors (Lipinski definition) is 3. The van der Waals surface area contributed by atoms with Gasteiger partial charge in [-0.15, -0.1) is 0 Å². The maximum atomic E-state index is 12.5. The zero-order valence-corrected chi connectivity index (χ0v) is 9.25. The molecule has 0 amide bonds. The fourth-order valence-electron chi connectivity index (χ4n) is 1.38. The Hall–Kier alpha value is -2.18. The second kappa shape index (κ2) is 4.25. The van der Waals surface area contributed by atoms with Gasteiger partial charge in [0, 0.05) is 17.5 Å². The number of pyridine rings is 1. The van der Waals surface area contributed by atoms with Crippen molar-refractivity contribution >= 4 is 0 Å². The second-order valence-corrected chi connectivity index (χ2v) is 3.67. The molecule has 0 unspecified atom stereocenters. The van der Waals surface area contributed by atoms with E-state index in [1.54, 1.807) is 24.0 Å². The van der Waals surface area contributed by atoms with Crippen molar-refractivity contribution in [1.82, 2.24) is 15.0 Å². The molecule has 4 nitrogen and oxygen atoms in total. The lowest BCUT2D eigenvalue weighted by Crippen LogP contribution is -2.19. The summed E-state index contributed by atoms with van der Waals surface area (Å²) in [6.07, 6.45) is -3.24. The van der Waals surface area contributed by atoms with Crippen LogP contribution in [0, 0.1) is 6.92 Å². The van der Waals surface area contributed by atoms with Gasteiger partial charge >= 0.3 is 11.9 Å². The van der Waals surface area contributed by atoms with E-state index in [9.17, 15) is 18.0 Å². The fraction of sp³-hybridized carbons (Fsp3) is 0.182. The number of alkyl halides is 3. The third-order valence-electron chi connectivity index (χ3n) is 2.26. The van der Waals surface area contributed by atoms with Crippen LogP contribution in [-0.4, -0.2) is 15.0 Å². The van der Waals surface area contributed by atoms with Crippen LogP contribution in [0.3, 0.4) is 0 Å². The van der Waals surface area contributed by atoms with Crippen LogP contribution in [0.5, 0.6) is 0 Å². The average molecular weight is 255 g/mol. The van der Waals surface area contributed by atoms with Gasteiger partial charge in [-0.3, -0.25) is 4.98 Å². The van der Waals surface area contributed by atoms with E-state index in [1.165, 1.54) is 6.20 Å². The molecule has 2 aromatic heterocycles. The molecule has 0 aromatic carbocycles. The van der Waals surface area contributed by atoms with Gasteiger partial charge in [-0.2, -0.15) is 18.2 Å². The second-order valence-electron chi connectivity index (χ2n) is 3.67. The van der Waals surface area contributed by atoms with Gasteiger partial charge in [0.05, 0.1) is 5.69 Å². The molecular formula is C11H8F3N3O. The smallest absolute Gasteiger partial charge is 0.302 e. The van der Waals surface area contributed by atoms with Gasteiger partial charge in [0.15, 0.2) is 0 Å². The van der Waals surface area contributed by atoms with Crippen LogP contribution < -0.4 is 5.69 Å². The molecule has 0 bridgehead atoms. The summed E-state index contributed by atoms with van der Waals surface area (Å²) in [5, 5.41) is 0. The van der Waals surface area contributed by atoms with Gasteiger partial charge in [0.1, 0.15) is 5.69 Å². The summed E-state index contributed by atoms with van der Waals surface area (Å²) < 4.78 is 37.5. The zero-order valence-electron chi connectivity index (χ0n) is 9.25. The Morgan fingerprint density at radius 3 is 2.56 bits per heavy atom. The minimum absolute atomic E-state index is 0.0569. The van der Waals surface area contributed by atoms with Gasteiger partial charge < -0.3 is 4.98 Å². The van der Waals surface area contributed by atoms with E-state index in [4.69, 9.17) is 0 Å². The molecule has 18 heavy (non-hydrogen) atoms. The third-order valence-corrected chi connectivity index (χ3v) is 2.26. The molecule has 2 heterocycles. The number of nitrogens with zero attached hydrogens (tertiary/aromatic N) is 2. The third kappa shape index (κ3) is 2.55. The van der Waals surface area contributed by atoms with E-state index in [0.29, 0.717) is 5.56 Å². The van der Waals surface area contributed by atoms with Crippen molar-refractivity contribution in [3.63, 3.8) is 0 Å². The number of aromatic nitrogens is 3. The van der Waals surface area contributed by atoms with E-state index >= 15 is 0 Å². The van der Waals surface area contributed by atoms with Crippen LogP contribution in [0.25, 0.3) is 11.3 Å². The summed E-state index contributed by atoms with van der Waals surface area (Å²) >= 11 is 0. The van der Waals surface area contributed by atoms with E-state index < -0.39 is 17.6 Å². The van der Waals surface area contributed by atoms with E-state index in [0.717, 1.165) is 11.8 Å². The summed E-state index contributed by atoms with van der Waals surface area (Å²) in [6, 6.07) is 3.98. The molecule has 7 heteroatoms. The molecule has 2 aromatic rings. The first kappa shape index (κ1) is 12.3. The predicted molar refractivity (Wildman–Crippen MR) is 57.8 cm³/mol. The highest BCUT2D eigenvalue weighted by atomic mass is 19.4. The molecule has 0 saturated carbocycles. The van der Waals surface area contributed by atoms with Crippen molar-refractivity contribution in [1.29, 1.82) is 0 Å². The van der Waals surface area contributed by atoms with Gasteiger partial charge in [-0.05, 0) is 25.1 Å². The molecular weight excluding hydrogens is 247 g/mol. The highest BCUT2D eigenvalue weighted by molar-refractivity contribution is 5.57. The molecule has 94 valence electrons. The summed E-state index contributed by atoms with van der Waals surface area (Å²) in [5.41, 5.74) is -1.14. The molecule has 0 aliphatic carbocycles. The van der Waals surface area contributed by atoms with Crippen molar-refractivity contribution in [2.75, 3.05) is 0 Å². The van der Waals surface area contributed by atoms with Crippen molar-refractivity contribution in [3.8, 4) is 11.3 Å². The quantitative estimate of drug-likeness (QED) is 0.849. The van der Waals surface area contributed by atoms with Crippen molar-refractivity contribution in [2.24, 2.45) is 0 Å². The Morgan fingerprint density at radius 1 is 1.28 bits per heavy atom. The van der Waals surface area contributed by atoms with Crippen molar-refractivity contribution in [2.45, 2.75) is 13.1 Å². The number of aromatic amines is 1. The Morgan fingerprint density at radius 2 is 2.00 bits per heavy atom. The number of hydrogen-bond donors (Lipinski definition) is 1. The van der Waals surface area contributed by atoms with Gasteiger partial charge in [0.2, 0.25) is 0 Å². The Bertz CT molecular complexity index is 617. The lowest BCUT2D eigenvalue weighted by atomic mass is 10.1. The van der Waals surface area contributed by atoms with Crippen molar-refractivity contribution < 1.29 is 13.2 Å². The van der Waals surface area contributed by atoms with Crippen LogP contribution in [-0.2, 0) is 6.18 Å². The molecule has 0 spiro atoms. The topological polar surface area (TPSA) is 58.6 Å². The number of nitrogens with one attached hydrogen (secondary N) is 1. The molecule has 1 N–H and O–H groups in total. The average Bonchev–Trinajstić information content (AvgIpc) is 2.28. The summed E-state index contributed by atoms with van der Waals surface area (Å²) in [6.45, 7) is 1.75. The number of H-pyrrole nitrogens is 1. The lowest BCUT2D eigenvalue weighted by molar-refractivity contribution is -0.141. The van der Waals surface area contributed by atoms with E-state index in [1.807, 2.05) is 0 Å². The Kier molecular flexibility index (Phi) is 2.90. The molecule has 0 fully saturated rings. The summed E-state index contributed by atoms with van der Waals surface area (Å²) in [4.78, 5) is 20.2. The lowest BCUT2D eigenvalue weighted by Gasteiger charge is -2.07. The summed E-state index contributed by atoms with van der Waals surface area (Å²) in [5.74, 6) is 0. The van der Waals surface area contributed by atoms with Crippen molar-refractivity contribution in [3.05, 3.63) is 46.3 Å². The van der Waals surface area contributed by atoms with Gasteiger partial charge in [-0.25, -0.2) is 4.79 Å². The van der Waals surface area contributed by atoms with Crippen LogP contribution in [0.4, 0.5) is 13.2 Å². The molecule has 0 saturated heterocycles. The first-order chi connectivity index (χ1) is 8.36. The molecule has 0 atom stereocenters. The maximum Gasteiger partial charge on any atom is 0.431 e. The minimum atomic E-state index is -4.62. The number of halogens is 3. The predicted octanol–water partition coefficient (Wildman–Crippen LogP) is 2.16. The SMILES string of the molecule is Cc1ccc(-c2cc(C(F)(F)F)[nH]c(=O)n2)cn1. The largest absolute Gasteiger partial charge is 0.431 e. The van der Waals surface area contributed by atoms with Gasteiger partial charge in [-0.1, -0.05) is 0 Å². The van der Waals surface area contributed by atoms with Crippen LogP contribution in [0.2, 0.25) is 0 Å². The first-order valence-electron chi connectivity index (χ1n) is 4.98. The molecule has 2 rings (SSSR count). The number of aryl methyl sites for hydroxylation is 1.